The number of rotatable bonds is 8. The van der Waals surface area contributed by atoms with Gasteiger partial charge in [-0.2, -0.15) is 0 Å². The predicted octanol–water partition coefficient (Wildman–Crippen LogP) is 2.44. The van der Waals surface area contributed by atoms with Gasteiger partial charge in [-0.1, -0.05) is 48.5 Å². The fourth-order valence-electron chi connectivity index (χ4n) is 3.05. The molecule has 1 amide bonds. The van der Waals surface area contributed by atoms with Crippen LogP contribution in [0, 0.1) is 0 Å². The number of para-hydroxylation sites is 1. The lowest BCUT2D eigenvalue weighted by molar-refractivity contribution is -0.151. The maximum atomic E-state index is 12.8. The summed E-state index contributed by atoms with van der Waals surface area (Å²) < 4.78 is 6.71. The zero-order chi connectivity index (χ0) is 20.6. The molecule has 2 aromatic carbocycles. The fourth-order valence-corrected chi connectivity index (χ4v) is 3.05. The van der Waals surface area contributed by atoms with Crippen molar-refractivity contribution in [2.24, 2.45) is 0 Å². The summed E-state index contributed by atoms with van der Waals surface area (Å²) in [7, 11) is 0. The summed E-state index contributed by atoms with van der Waals surface area (Å²) in [6.07, 6.45) is 1.71. The first-order valence-electron chi connectivity index (χ1n) is 9.36. The van der Waals surface area contributed by atoms with Gasteiger partial charge in [0.1, 0.15) is 6.33 Å². The third-order valence-corrected chi connectivity index (χ3v) is 4.39. The van der Waals surface area contributed by atoms with Crippen LogP contribution in [-0.2, 0) is 20.7 Å². The van der Waals surface area contributed by atoms with Crippen LogP contribution in [0.2, 0.25) is 0 Å². The molecule has 0 fully saturated rings. The molecule has 3 rings (SSSR count). The van der Waals surface area contributed by atoms with E-state index < -0.39 is 12.0 Å². The van der Waals surface area contributed by atoms with Crippen LogP contribution in [0.1, 0.15) is 25.5 Å². The minimum atomic E-state index is -0.760. The maximum Gasteiger partial charge on any atom is 0.331 e. The fraction of sp³-hybridized carbons (Fsp3) is 0.286. The molecule has 1 aromatic heterocycles. The van der Waals surface area contributed by atoms with Crippen LogP contribution in [0.4, 0.5) is 5.69 Å². The van der Waals surface area contributed by atoms with E-state index >= 15 is 0 Å². The standard InChI is InChI=1S/C21H23N5O3/c1-16(2)26(18-11-7-4-8-12-18)20(27)14-29-21(28)19(25-15-22-23-24-25)13-17-9-5-3-6-10-17/h3-12,15-16,19H,13-14H2,1-2H3/t19-/m0/s1. The van der Waals surface area contributed by atoms with E-state index in [1.807, 2.05) is 74.5 Å². The summed E-state index contributed by atoms with van der Waals surface area (Å²) in [6, 6.07) is 17.9. The molecule has 3 aromatic rings. The Hall–Kier alpha value is -3.55. The quantitative estimate of drug-likeness (QED) is 0.546. The van der Waals surface area contributed by atoms with E-state index in [1.54, 1.807) is 4.90 Å². The molecule has 0 bridgehead atoms. The highest BCUT2D eigenvalue weighted by atomic mass is 16.5. The van der Waals surface area contributed by atoms with Gasteiger partial charge in [-0.15, -0.1) is 5.10 Å². The van der Waals surface area contributed by atoms with Gasteiger partial charge in [-0.05, 0) is 42.0 Å². The summed E-state index contributed by atoms with van der Waals surface area (Å²) in [5.41, 5.74) is 1.69. The van der Waals surface area contributed by atoms with Crippen LogP contribution in [-0.4, -0.2) is 44.7 Å². The van der Waals surface area contributed by atoms with E-state index in [0.29, 0.717) is 6.42 Å². The molecule has 1 heterocycles. The zero-order valence-corrected chi connectivity index (χ0v) is 16.4. The number of aromatic nitrogens is 4. The van der Waals surface area contributed by atoms with Crippen molar-refractivity contribution < 1.29 is 14.3 Å². The molecule has 150 valence electrons. The molecule has 0 saturated heterocycles. The molecule has 0 saturated carbocycles. The van der Waals surface area contributed by atoms with E-state index in [1.165, 1.54) is 11.0 Å². The maximum absolute atomic E-state index is 12.8. The first kappa shape index (κ1) is 20.2. The van der Waals surface area contributed by atoms with Gasteiger partial charge in [0.2, 0.25) is 0 Å². The molecule has 0 N–H and O–H groups in total. The van der Waals surface area contributed by atoms with Crippen molar-refractivity contribution in [3.63, 3.8) is 0 Å². The average molecular weight is 393 g/mol. The molecular weight excluding hydrogens is 370 g/mol. The number of benzene rings is 2. The van der Waals surface area contributed by atoms with Crippen molar-refractivity contribution in [3.8, 4) is 0 Å². The minimum Gasteiger partial charge on any atom is -0.454 e. The molecule has 8 heteroatoms. The molecule has 0 radical (unpaired) electrons. The molecule has 1 atom stereocenters. The van der Waals surface area contributed by atoms with Crippen LogP contribution >= 0.6 is 0 Å². The Morgan fingerprint density at radius 3 is 2.28 bits per heavy atom. The second-order valence-electron chi connectivity index (χ2n) is 6.80. The normalized spacial score (nSPS) is 11.8. The molecule has 0 aliphatic rings. The van der Waals surface area contributed by atoms with E-state index in [-0.39, 0.29) is 18.6 Å². The van der Waals surface area contributed by atoms with Gasteiger partial charge in [-0.3, -0.25) is 4.79 Å². The van der Waals surface area contributed by atoms with Gasteiger partial charge in [0.15, 0.2) is 12.6 Å². The minimum absolute atomic E-state index is 0.0803. The lowest BCUT2D eigenvalue weighted by Crippen LogP contribution is -2.40. The highest BCUT2D eigenvalue weighted by Crippen LogP contribution is 2.18. The number of tetrazole rings is 1. The van der Waals surface area contributed by atoms with Crippen molar-refractivity contribution in [1.29, 1.82) is 0 Å². The Morgan fingerprint density at radius 2 is 1.69 bits per heavy atom. The summed E-state index contributed by atoms with van der Waals surface area (Å²) in [5, 5.41) is 11.0. The number of hydrogen-bond donors (Lipinski definition) is 0. The van der Waals surface area contributed by atoms with Crippen LogP contribution in [0.25, 0.3) is 0 Å². The van der Waals surface area contributed by atoms with Crippen LogP contribution < -0.4 is 4.90 Å². The topological polar surface area (TPSA) is 90.2 Å². The van der Waals surface area contributed by atoms with Crippen molar-refractivity contribution in [2.75, 3.05) is 11.5 Å². The monoisotopic (exact) mass is 393 g/mol. The van der Waals surface area contributed by atoms with E-state index in [9.17, 15) is 9.59 Å². The summed E-state index contributed by atoms with van der Waals surface area (Å²) >= 11 is 0. The Bertz CT molecular complexity index is 914. The lowest BCUT2D eigenvalue weighted by atomic mass is 10.1. The molecule has 0 aliphatic heterocycles. The van der Waals surface area contributed by atoms with Crippen molar-refractivity contribution in [3.05, 3.63) is 72.6 Å². The van der Waals surface area contributed by atoms with E-state index in [0.717, 1.165) is 11.3 Å². The van der Waals surface area contributed by atoms with Gasteiger partial charge >= 0.3 is 5.97 Å². The van der Waals surface area contributed by atoms with Gasteiger partial charge < -0.3 is 9.64 Å². The van der Waals surface area contributed by atoms with Crippen LogP contribution in [0.15, 0.2) is 67.0 Å². The van der Waals surface area contributed by atoms with Gasteiger partial charge in [-0.25, -0.2) is 9.48 Å². The number of esters is 1. The van der Waals surface area contributed by atoms with Crippen LogP contribution in [0.3, 0.4) is 0 Å². The Labute approximate surface area is 169 Å². The predicted molar refractivity (Wildman–Crippen MR) is 107 cm³/mol. The molecule has 29 heavy (non-hydrogen) atoms. The second kappa shape index (κ2) is 9.59. The molecule has 0 aliphatic carbocycles. The summed E-state index contributed by atoms with van der Waals surface area (Å²) in [4.78, 5) is 27.1. The number of ether oxygens (including phenoxy) is 1. The molecule has 0 unspecified atom stereocenters. The third kappa shape index (κ3) is 5.25. The Balaban J connectivity index is 1.70. The highest BCUT2D eigenvalue weighted by Gasteiger charge is 2.26. The Kier molecular flexibility index (Phi) is 6.67. The van der Waals surface area contributed by atoms with Crippen LogP contribution in [0.5, 0.6) is 0 Å². The van der Waals surface area contributed by atoms with E-state index in [2.05, 4.69) is 15.5 Å². The second-order valence-corrected chi connectivity index (χ2v) is 6.80. The lowest BCUT2D eigenvalue weighted by Gasteiger charge is -2.27. The van der Waals surface area contributed by atoms with Gasteiger partial charge in [0.25, 0.3) is 5.91 Å². The SMILES string of the molecule is CC(C)N(C(=O)COC(=O)[C@H](Cc1ccccc1)n1cnnn1)c1ccccc1. The number of hydrogen-bond acceptors (Lipinski definition) is 6. The number of nitrogens with zero attached hydrogens (tertiary/aromatic N) is 5. The largest absolute Gasteiger partial charge is 0.454 e. The van der Waals surface area contributed by atoms with Gasteiger partial charge in [0, 0.05) is 18.2 Å². The number of amides is 1. The van der Waals surface area contributed by atoms with Crippen molar-refractivity contribution in [2.45, 2.75) is 32.4 Å². The number of carbonyl (C=O) groups is 2. The molecule has 8 nitrogen and oxygen atoms in total. The highest BCUT2D eigenvalue weighted by molar-refractivity contribution is 5.95. The zero-order valence-electron chi connectivity index (χ0n) is 16.4. The first-order chi connectivity index (χ1) is 14.1. The number of anilines is 1. The van der Waals surface area contributed by atoms with Crippen molar-refractivity contribution >= 4 is 17.6 Å². The summed E-state index contributed by atoms with van der Waals surface area (Å²) in [5.74, 6) is -0.860. The summed E-state index contributed by atoms with van der Waals surface area (Å²) in [6.45, 7) is 3.46. The van der Waals surface area contributed by atoms with Gasteiger partial charge in [0.05, 0.1) is 0 Å². The molecular formula is C21H23N5O3. The number of carbonyl (C=O) groups excluding carboxylic acids is 2. The third-order valence-electron chi connectivity index (χ3n) is 4.39. The first-order valence-corrected chi connectivity index (χ1v) is 9.36. The van der Waals surface area contributed by atoms with Crippen molar-refractivity contribution in [1.82, 2.24) is 20.2 Å². The molecule has 0 spiro atoms. The smallest absolute Gasteiger partial charge is 0.331 e. The van der Waals surface area contributed by atoms with E-state index in [4.69, 9.17) is 4.74 Å². The Morgan fingerprint density at radius 1 is 1.03 bits per heavy atom. The average Bonchev–Trinajstić information content (AvgIpc) is 3.26.